The van der Waals surface area contributed by atoms with E-state index in [1.807, 2.05) is 0 Å². The van der Waals surface area contributed by atoms with Crippen molar-refractivity contribution in [1.29, 1.82) is 0 Å². The van der Waals surface area contributed by atoms with Crippen molar-refractivity contribution in [3.8, 4) is 0 Å². The SMILES string of the molecule is NCCc1ccc(C(=O)N2CCN(C=O)CC2)o1. The normalized spacial score (nSPS) is 15.8. The number of piperazine rings is 1. The average Bonchev–Trinajstić information content (AvgIpc) is 2.87. The second kappa shape index (κ2) is 5.68. The number of carbonyl (C=O) groups is 2. The first-order chi connectivity index (χ1) is 8.74. The molecule has 98 valence electrons. The molecule has 1 saturated heterocycles. The molecule has 2 rings (SSSR count). The highest BCUT2D eigenvalue weighted by molar-refractivity contribution is 5.91. The topological polar surface area (TPSA) is 79.8 Å². The van der Waals surface area contributed by atoms with Crippen LogP contribution in [0.5, 0.6) is 0 Å². The molecule has 6 nitrogen and oxygen atoms in total. The van der Waals surface area contributed by atoms with Crippen LogP contribution in [0.15, 0.2) is 16.5 Å². The van der Waals surface area contributed by atoms with Gasteiger partial charge in [-0.3, -0.25) is 9.59 Å². The Balaban J connectivity index is 1.96. The van der Waals surface area contributed by atoms with E-state index < -0.39 is 0 Å². The zero-order valence-corrected chi connectivity index (χ0v) is 10.2. The lowest BCUT2D eigenvalue weighted by atomic mass is 10.3. The number of furan rings is 1. The van der Waals surface area contributed by atoms with Crippen LogP contribution >= 0.6 is 0 Å². The maximum absolute atomic E-state index is 12.1. The molecule has 1 fully saturated rings. The fourth-order valence-electron chi connectivity index (χ4n) is 1.96. The minimum absolute atomic E-state index is 0.121. The summed E-state index contributed by atoms with van der Waals surface area (Å²) >= 11 is 0. The summed E-state index contributed by atoms with van der Waals surface area (Å²) in [5.74, 6) is 0.953. The van der Waals surface area contributed by atoms with E-state index in [1.54, 1.807) is 21.9 Å². The molecular weight excluding hydrogens is 234 g/mol. The first-order valence-corrected chi connectivity index (χ1v) is 6.02. The first-order valence-electron chi connectivity index (χ1n) is 6.02. The molecule has 2 N–H and O–H groups in total. The third kappa shape index (κ3) is 2.70. The molecule has 0 unspecified atom stereocenters. The quantitative estimate of drug-likeness (QED) is 0.745. The van der Waals surface area contributed by atoms with Crippen LogP contribution < -0.4 is 5.73 Å². The first kappa shape index (κ1) is 12.6. The number of nitrogens with zero attached hydrogens (tertiary/aromatic N) is 2. The maximum Gasteiger partial charge on any atom is 0.289 e. The molecular formula is C12H17N3O3. The molecule has 2 amide bonds. The Morgan fingerprint density at radius 1 is 1.33 bits per heavy atom. The van der Waals surface area contributed by atoms with Gasteiger partial charge in [0, 0.05) is 32.6 Å². The second-order valence-electron chi connectivity index (χ2n) is 4.24. The van der Waals surface area contributed by atoms with E-state index in [0.29, 0.717) is 44.9 Å². The molecule has 0 atom stereocenters. The van der Waals surface area contributed by atoms with Gasteiger partial charge >= 0.3 is 0 Å². The van der Waals surface area contributed by atoms with Crippen LogP contribution in [0.3, 0.4) is 0 Å². The molecule has 0 aliphatic carbocycles. The molecule has 1 aromatic rings. The third-order valence-electron chi connectivity index (χ3n) is 3.01. The molecule has 0 aromatic carbocycles. The number of hydrogen-bond acceptors (Lipinski definition) is 4. The van der Waals surface area contributed by atoms with Crippen molar-refractivity contribution < 1.29 is 14.0 Å². The minimum Gasteiger partial charge on any atom is -0.456 e. The largest absolute Gasteiger partial charge is 0.456 e. The molecule has 1 aliphatic heterocycles. The van der Waals surface area contributed by atoms with E-state index in [0.717, 1.165) is 12.2 Å². The summed E-state index contributed by atoms with van der Waals surface area (Å²) in [5, 5.41) is 0. The number of rotatable bonds is 4. The van der Waals surface area contributed by atoms with Gasteiger partial charge in [-0.25, -0.2) is 0 Å². The van der Waals surface area contributed by atoms with Crippen LogP contribution in [0.4, 0.5) is 0 Å². The third-order valence-corrected chi connectivity index (χ3v) is 3.01. The summed E-state index contributed by atoms with van der Waals surface area (Å²) in [6.07, 6.45) is 1.44. The predicted molar refractivity (Wildman–Crippen MR) is 65.0 cm³/mol. The number of amides is 2. The van der Waals surface area contributed by atoms with Gasteiger partial charge in [-0.1, -0.05) is 0 Å². The number of carbonyl (C=O) groups excluding carboxylic acids is 2. The molecule has 0 radical (unpaired) electrons. The second-order valence-corrected chi connectivity index (χ2v) is 4.24. The standard InChI is InChI=1S/C12H17N3O3/c13-4-3-10-1-2-11(18-10)12(17)15-7-5-14(9-16)6-8-15/h1-2,9H,3-8,13H2. The van der Waals surface area contributed by atoms with Gasteiger partial charge in [-0.2, -0.15) is 0 Å². The lowest BCUT2D eigenvalue weighted by molar-refractivity contribution is -0.119. The Kier molecular flexibility index (Phi) is 3.99. The van der Waals surface area contributed by atoms with Gasteiger partial charge < -0.3 is 20.0 Å². The fraction of sp³-hybridized carbons (Fsp3) is 0.500. The monoisotopic (exact) mass is 251 g/mol. The number of hydrogen-bond donors (Lipinski definition) is 1. The fourth-order valence-corrected chi connectivity index (χ4v) is 1.96. The van der Waals surface area contributed by atoms with Crippen molar-refractivity contribution in [2.24, 2.45) is 5.73 Å². The van der Waals surface area contributed by atoms with Crippen molar-refractivity contribution in [3.63, 3.8) is 0 Å². The summed E-state index contributed by atoms with van der Waals surface area (Å²) in [6.45, 7) is 2.74. The molecule has 0 saturated carbocycles. The average molecular weight is 251 g/mol. The van der Waals surface area contributed by atoms with Crippen LogP contribution in [-0.2, 0) is 11.2 Å². The highest BCUT2D eigenvalue weighted by Crippen LogP contribution is 2.12. The highest BCUT2D eigenvalue weighted by Gasteiger charge is 2.23. The maximum atomic E-state index is 12.1. The molecule has 1 aliphatic rings. The van der Waals surface area contributed by atoms with E-state index in [2.05, 4.69) is 0 Å². The summed E-state index contributed by atoms with van der Waals surface area (Å²) in [6, 6.07) is 3.46. The Morgan fingerprint density at radius 2 is 2.06 bits per heavy atom. The number of nitrogens with two attached hydrogens (primary N) is 1. The van der Waals surface area contributed by atoms with E-state index >= 15 is 0 Å². The highest BCUT2D eigenvalue weighted by atomic mass is 16.4. The molecule has 1 aromatic heterocycles. The Labute approximate surface area is 105 Å². The van der Waals surface area contributed by atoms with Crippen LogP contribution in [0.25, 0.3) is 0 Å². The van der Waals surface area contributed by atoms with Crippen LogP contribution in [0.1, 0.15) is 16.3 Å². The smallest absolute Gasteiger partial charge is 0.289 e. The van der Waals surface area contributed by atoms with Crippen LogP contribution in [-0.4, -0.2) is 54.8 Å². The van der Waals surface area contributed by atoms with Gasteiger partial charge in [-0.15, -0.1) is 0 Å². The van der Waals surface area contributed by atoms with Gasteiger partial charge in [0.1, 0.15) is 5.76 Å². The van der Waals surface area contributed by atoms with E-state index in [-0.39, 0.29) is 5.91 Å². The van der Waals surface area contributed by atoms with Crippen molar-refractivity contribution in [1.82, 2.24) is 9.80 Å². The van der Waals surface area contributed by atoms with Crippen molar-refractivity contribution in [3.05, 3.63) is 23.7 Å². The Morgan fingerprint density at radius 3 is 2.67 bits per heavy atom. The zero-order chi connectivity index (χ0) is 13.0. The molecule has 18 heavy (non-hydrogen) atoms. The van der Waals surface area contributed by atoms with Gasteiger partial charge in [0.2, 0.25) is 6.41 Å². The zero-order valence-electron chi connectivity index (χ0n) is 10.2. The van der Waals surface area contributed by atoms with E-state index in [1.165, 1.54) is 0 Å². The molecule has 2 heterocycles. The van der Waals surface area contributed by atoms with Crippen molar-refractivity contribution >= 4 is 12.3 Å². The Hall–Kier alpha value is -1.82. The lowest BCUT2D eigenvalue weighted by Gasteiger charge is -2.31. The van der Waals surface area contributed by atoms with Crippen LogP contribution in [0.2, 0.25) is 0 Å². The van der Waals surface area contributed by atoms with Gasteiger partial charge in [-0.05, 0) is 18.7 Å². The summed E-state index contributed by atoms with van der Waals surface area (Å²) in [7, 11) is 0. The molecule has 0 bridgehead atoms. The van der Waals surface area contributed by atoms with Crippen molar-refractivity contribution in [2.75, 3.05) is 32.7 Å². The van der Waals surface area contributed by atoms with Gasteiger partial charge in [0.05, 0.1) is 0 Å². The summed E-state index contributed by atoms with van der Waals surface area (Å²) < 4.78 is 5.44. The Bertz CT molecular complexity index is 422. The molecule has 0 spiro atoms. The summed E-state index contributed by atoms with van der Waals surface area (Å²) in [4.78, 5) is 26.0. The van der Waals surface area contributed by atoms with Gasteiger partial charge in [0.25, 0.3) is 5.91 Å². The summed E-state index contributed by atoms with van der Waals surface area (Å²) in [5.41, 5.74) is 5.43. The van der Waals surface area contributed by atoms with E-state index in [4.69, 9.17) is 10.2 Å². The van der Waals surface area contributed by atoms with Gasteiger partial charge in [0.15, 0.2) is 5.76 Å². The van der Waals surface area contributed by atoms with Crippen LogP contribution in [0, 0.1) is 0 Å². The minimum atomic E-state index is -0.121. The van der Waals surface area contributed by atoms with Crippen molar-refractivity contribution in [2.45, 2.75) is 6.42 Å². The predicted octanol–water partition coefficient (Wildman–Crippen LogP) is -0.305. The molecule has 6 heteroatoms. The van der Waals surface area contributed by atoms with E-state index in [9.17, 15) is 9.59 Å². The lowest BCUT2D eigenvalue weighted by Crippen LogP contribution is -2.48.